The SMILES string of the molecule is CCOC(=O)C1=C(C)Nc2nc(SCc3ccccc3Cl)nn2C1c1ccc(OCc2ccccc2C)c(OCC)c1. The van der Waals surface area contributed by atoms with Crippen LogP contribution in [0.3, 0.4) is 0 Å². The average Bonchev–Trinajstić information content (AvgIpc) is 3.38. The minimum Gasteiger partial charge on any atom is -0.490 e. The number of hydrogen-bond acceptors (Lipinski definition) is 8. The number of esters is 1. The number of allylic oxidation sites excluding steroid dienone is 1. The van der Waals surface area contributed by atoms with E-state index in [9.17, 15) is 4.79 Å². The predicted octanol–water partition coefficient (Wildman–Crippen LogP) is 7.36. The molecule has 0 amide bonds. The molecule has 2 heterocycles. The Morgan fingerprint density at radius 2 is 1.74 bits per heavy atom. The van der Waals surface area contributed by atoms with Crippen molar-refractivity contribution in [1.82, 2.24) is 14.8 Å². The highest BCUT2D eigenvalue weighted by atomic mass is 35.5. The van der Waals surface area contributed by atoms with Gasteiger partial charge in [-0.05, 0) is 68.1 Å². The van der Waals surface area contributed by atoms with Gasteiger partial charge in [0.1, 0.15) is 12.6 Å². The molecule has 4 aromatic rings. The number of thioether (sulfide) groups is 1. The summed E-state index contributed by atoms with van der Waals surface area (Å²) in [6.45, 7) is 8.73. The van der Waals surface area contributed by atoms with Crippen LogP contribution in [0.2, 0.25) is 5.02 Å². The summed E-state index contributed by atoms with van der Waals surface area (Å²) in [6, 6.07) is 20.9. The van der Waals surface area contributed by atoms with Gasteiger partial charge in [0, 0.05) is 16.5 Å². The Hall–Kier alpha value is -3.95. The minimum absolute atomic E-state index is 0.251. The van der Waals surface area contributed by atoms with Crippen LogP contribution in [0, 0.1) is 6.92 Å². The van der Waals surface area contributed by atoms with Gasteiger partial charge in [0.25, 0.3) is 0 Å². The molecular formula is C32H33ClN4O4S. The number of nitrogens with zero attached hydrogens (tertiary/aromatic N) is 3. The van der Waals surface area contributed by atoms with Crippen molar-refractivity contribution in [2.75, 3.05) is 18.5 Å². The summed E-state index contributed by atoms with van der Waals surface area (Å²) in [4.78, 5) is 18.0. The smallest absolute Gasteiger partial charge is 0.338 e. The second-order valence-corrected chi connectivity index (χ2v) is 11.0. The maximum Gasteiger partial charge on any atom is 0.338 e. The monoisotopic (exact) mass is 604 g/mol. The van der Waals surface area contributed by atoms with Crippen LogP contribution < -0.4 is 14.8 Å². The van der Waals surface area contributed by atoms with Crippen LogP contribution in [-0.4, -0.2) is 33.9 Å². The van der Waals surface area contributed by atoms with Gasteiger partial charge in [0.15, 0.2) is 11.5 Å². The van der Waals surface area contributed by atoms with Crippen molar-refractivity contribution in [3.8, 4) is 11.5 Å². The predicted molar refractivity (Wildman–Crippen MR) is 165 cm³/mol. The van der Waals surface area contributed by atoms with Crippen LogP contribution >= 0.6 is 23.4 Å². The fourth-order valence-corrected chi connectivity index (χ4v) is 5.86. The van der Waals surface area contributed by atoms with Gasteiger partial charge < -0.3 is 19.5 Å². The summed E-state index contributed by atoms with van der Waals surface area (Å²) in [5.41, 5.74) is 5.14. The molecule has 5 rings (SSSR count). The van der Waals surface area contributed by atoms with E-state index in [0.717, 1.165) is 22.3 Å². The number of ether oxygens (including phenoxy) is 3. The number of nitrogens with one attached hydrogen (secondary N) is 1. The number of halogens is 1. The van der Waals surface area contributed by atoms with Crippen molar-refractivity contribution >= 4 is 35.3 Å². The Kier molecular flexibility index (Phi) is 9.39. The van der Waals surface area contributed by atoms with Gasteiger partial charge in [0.2, 0.25) is 11.1 Å². The summed E-state index contributed by atoms with van der Waals surface area (Å²) in [7, 11) is 0. The van der Waals surface area contributed by atoms with Crippen LogP contribution in [0.25, 0.3) is 0 Å². The number of benzene rings is 3. The van der Waals surface area contributed by atoms with Crippen LogP contribution in [0.1, 0.15) is 49.1 Å². The molecule has 218 valence electrons. The van der Waals surface area contributed by atoms with E-state index in [1.807, 2.05) is 74.5 Å². The lowest BCUT2D eigenvalue weighted by atomic mass is 9.95. The number of fused-ring (bicyclic) bond motifs is 1. The summed E-state index contributed by atoms with van der Waals surface area (Å²) < 4.78 is 19.4. The van der Waals surface area contributed by atoms with E-state index in [1.165, 1.54) is 11.8 Å². The molecule has 0 aliphatic carbocycles. The molecule has 1 aliphatic rings. The molecule has 1 N–H and O–H groups in total. The van der Waals surface area contributed by atoms with E-state index in [0.29, 0.717) is 57.9 Å². The second-order valence-electron chi connectivity index (χ2n) is 9.68. The number of aryl methyl sites for hydroxylation is 1. The first kappa shape index (κ1) is 29.5. The molecule has 8 nitrogen and oxygen atoms in total. The lowest BCUT2D eigenvalue weighted by Crippen LogP contribution is -2.29. The van der Waals surface area contributed by atoms with Crippen molar-refractivity contribution in [1.29, 1.82) is 0 Å². The highest BCUT2D eigenvalue weighted by molar-refractivity contribution is 7.98. The molecule has 1 unspecified atom stereocenters. The Labute approximate surface area is 255 Å². The van der Waals surface area contributed by atoms with Crippen molar-refractivity contribution < 1.29 is 19.0 Å². The van der Waals surface area contributed by atoms with E-state index >= 15 is 0 Å². The summed E-state index contributed by atoms with van der Waals surface area (Å²) in [5.74, 6) is 1.91. The minimum atomic E-state index is -0.591. The molecular weight excluding hydrogens is 572 g/mol. The second kappa shape index (κ2) is 13.4. The zero-order valence-corrected chi connectivity index (χ0v) is 25.6. The Bertz CT molecular complexity index is 1620. The quantitative estimate of drug-likeness (QED) is 0.140. The summed E-state index contributed by atoms with van der Waals surface area (Å²) in [5, 5.41) is 9.31. The van der Waals surface area contributed by atoms with E-state index in [-0.39, 0.29) is 6.61 Å². The average molecular weight is 605 g/mol. The van der Waals surface area contributed by atoms with Crippen molar-refractivity contribution in [3.05, 3.63) is 105 Å². The topological polar surface area (TPSA) is 87.5 Å². The van der Waals surface area contributed by atoms with Gasteiger partial charge >= 0.3 is 5.97 Å². The first-order valence-corrected chi connectivity index (χ1v) is 15.2. The maximum atomic E-state index is 13.3. The van der Waals surface area contributed by atoms with Crippen LogP contribution in [0.4, 0.5) is 5.95 Å². The van der Waals surface area contributed by atoms with Gasteiger partial charge in [-0.1, -0.05) is 71.9 Å². The molecule has 0 saturated carbocycles. The molecule has 0 spiro atoms. The van der Waals surface area contributed by atoms with Gasteiger partial charge in [0.05, 0.1) is 18.8 Å². The maximum absolute atomic E-state index is 13.3. The molecule has 0 saturated heterocycles. The highest BCUT2D eigenvalue weighted by Crippen LogP contribution is 2.40. The molecule has 0 fully saturated rings. The molecule has 0 bridgehead atoms. The van der Waals surface area contributed by atoms with Crippen molar-refractivity contribution in [2.45, 2.75) is 51.3 Å². The lowest BCUT2D eigenvalue weighted by molar-refractivity contribution is -0.139. The number of carbonyl (C=O) groups is 1. The van der Waals surface area contributed by atoms with E-state index < -0.39 is 12.0 Å². The van der Waals surface area contributed by atoms with E-state index in [1.54, 1.807) is 11.6 Å². The van der Waals surface area contributed by atoms with Crippen molar-refractivity contribution in [3.63, 3.8) is 0 Å². The lowest BCUT2D eigenvalue weighted by Gasteiger charge is -2.28. The first-order chi connectivity index (χ1) is 20.4. The van der Waals surface area contributed by atoms with Crippen LogP contribution in [-0.2, 0) is 21.9 Å². The fourth-order valence-electron chi connectivity index (χ4n) is 4.74. The standard InChI is InChI=1S/C32H33ClN4O4S/c1-5-39-27-17-22(15-16-26(27)41-18-23-12-8-7-11-20(23)3)29-28(30(38)40-6-2)21(4)34-31-35-32(36-37(29)31)42-19-24-13-9-10-14-25(24)33/h7-17,29H,5-6,18-19H2,1-4H3,(H,34,35,36). The third kappa shape index (κ3) is 6.42. The molecule has 3 aromatic carbocycles. The van der Waals surface area contributed by atoms with Crippen LogP contribution in [0.15, 0.2) is 83.2 Å². The molecule has 42 heavy (non-hydrogen) atoms. The Morgan fingerprint density at radius 1 is 0.976 bits per heavy atom. The number of rotatable bonds is 11. The number of hydrogen-bond donors (Lipinski definition) is 1. The summed E-state index contributed by atoms with van der Waals surface area (Å²) >= 11 is 7.84. The zero-order valence-electron chi connectivity index (χ0n) is 24.0. The molecule has 10 heteroatoms. The molecule has 0 radical (unpaired) electrons. The first-order valence-electron chi connectivity index (χ1n) is 13.8. The van der Waals surface area contributed by atoms with Gasteiger partial charge in [-0.25, -0.2) is 9.48 Å². The normalized spacial score (nSPS) is 14.3. The van der Waals surface area contributed by atoms with Gasteiger partial charge in [-0.15, -0.1) is 5.10 Å². The zero-order chi connectivity index (χ0) is 29.6. The van der Waals surface area contributed by atoms with Crippen LogP contribution in [0.5, 0.6) is 11.5 Å². The Balaban J connectivity index is 1.49. The highest BCUT2D eigenvalue weighted by Gasteiger charge is 2.35. The van der Waals surface area contributed by atoms with Gasteiger partial charge in [-0.3, -0.25) is 0 Å². The van der Waals surface area contributed by atoms with Crippen molar-refractivity contribution in [2.24, 2.45) is 0 Å². The molecule has 1 aromatic heterocycles. The Morgan fingerprint density at radius 3 is 2.48 bits per heavy atom. The number of carbonyl (C=O) groups excluding carboxylic acids is 1. The van der Waals surface area contributed by atoms with Gasteiger partial charge in [-0.2, -0.15) is 4.98 Å². The molecule has 1 aliphatic heterocycles. The number of anilines is 1. The van der Waals surface area contributed by atoms with E-state index in [4.69, 9.17) is 35.9 Å². The largest absolute Gasteiger partial charge is 0.490 e. The third-order valence-electron chi connectivity index (χ3n) is 6.87. The fraction of sp³-hybridized carbons (Fsp3) is 0.281. The van der Waals surface area contributed by atoms with E-state index in [2.05, 4.69) is 18.3 Å². The third-order valence-corrected chi connectivity index (χ3v) is 8.13. The number of aromatic nitrogens is 3. The molecule has 1 atom stereocenters. The summed E-state index contributed by atoms with van der Waals surface area (Å²) in [6.07, 6.45) is 0.